The molecule has 0 bridgehead atoms. The minimum atomic E-state index is -0.381. The van der Waals surface area contributed by atoms with Crippen molar-refractivity contribution >= 4 is 5.69 Å². The maximum Gasteiger partial charge on any atom is 0.165 e. The first-order valence-corrected chi connectivity index (χ1v) is 8.96. The number of pyridine rings is 1. The van der Waals surface area contributed by atoms with Crippen LogP contribution in [0.1, 0.15) is 16.8 Å². The molecule has 5 heteroatoms. The van der Waals surface area contributed by atoms with Crippen LogP contribution in [0.2, 0.25) is 0 Å². The molecule has 0 saturated carbocycles. The molecule has 4 nitrogen and oxygen atoms in total. The molecule has 136 valence electrons. The van der Waals surface area contributed by atoms with Crippen molar-refractivity contribution in [2.24, 2.45) is 0 Å². The Morgan fingerprint density at radius 1 is 1.15 bits per heavy atom. The Bertz CT molecular complexity index is 1010. The number of rotatable bonds is 3. The van der Waals surface area contributed by atoms with E-state index >= 15 is 0 Å². The Labute approximate surface area is 157 Å². The van der Waals surface area contributed by atoms with Gasteiger partial charge in [0.05, 0.1) is 24.8 Å². The lowest BCUT2D eigenvalue weighted by Crippen LogP contribution is -2.36. The van der Waals surface area contributed by atoms with E-state index in [1.807, 2.05) is 36.5 Å². The van der Waals surface area contributed by atoms with Crippen molar-refractivity contribution in [2.45, 2.75) is 12.0 Å². The number of hydrogen-bond donors (Lipinski definition) is 0. The third-order valence-corrected chi connectivity index (χ3v) is 5.54. The summed E-state index contributed by atoms with van der Waals surface area (Å²) < 4.78 is 25.6. The summed E-state index contributed by atoms with van der Waals surface area (Å²) >= 11 is 0. The number of para-hydroxylation sites is 1. The van der Waals surface area contributed by atoms with Crippen molar-refractivity contribution in [3.63, 3.8) is 0 Å². The lowest BCUT2D eigenvalue weighted by molar-refractivity contribution is 0.297. The minimum absolute atomic E-state index is 0.211. The maximum atomic E-state index is 14.5. The summed E-state index contributed by atoms with van der Waals surface area (Å²) in [5.74, 6) is 0.548. The Morgan fingerprint density at radius 3 is 2.81 bits per heavy atom. The van der Waals surface area contributed by atoms with Gasteiger partial charge in [-0.3, -0.25) is 4.98 Å². The number of anilines is 1. The third-order valence-electron chi connectivity index (χ3n) is 5.54. The van der Waals surface area contributed by atoms with Crippen LogP contribution in [0, 0.1) is 5.82 Å². The molecule has 0 fully saturated rings. The largest absolute Gasteiger partial charge is 0.494 e. The van der Waals surface area contributed by atoms with Gasteiger partial charge in [-0.2, -0.15) is 0 Å². The van der Waals surface area contributed by atoms with E-state index in [4.69, 9.17) is 9.47 Å². The smallest absolute Gasteiger partial charge is 0.165 e. The molecule has 2 aliphatic heterocycles. The summed E-state index contributed by atoms with van der Waals surface area (Å²) in [5.41, 5.74) is 3.83. The lowest BCUT2D eigenvalue weighted by atomic mass is 9.78. The topological polar surface area (TPSA) is 34.6 Å². The molecule has 1 spiro atoms. The molecule has 2 aromatic carbocycles. The molecule has 0 aliphatic carbocycles. The van der Waals surface area contributed by atoms with Gasteiger partial charge in [0.25, 0.3) is 0 Å². The quantitative estimate of drug-likeness (QED) is 0.707. The van der Waals surface area contributed by atoms with Crippen LogP contribution in [0.5, 0.6) is 11.5 Å². The highest BCUT2D eigenvalue weighted by molar-refractivity contribution is 5.69. The molecule has 0 amide bonds. The molecule has 0 N–H and O–H groups in total. The normalized spacial score (nSPS) is 19.7. The molecule has 1 aromatic heterocycles. The zero-order valence-electron chi connectivity index (χ0n) is 15.0. The zero-order chi connectivity index (χ0) is 18.4. The SMILES string of the molecule is COc1cc2c(cc1F)C1(CO2)CN(Cc2ccccn2)c2ccccc21. The summed E-state index contributed by atoms with van der Waals surface area (Å²) in [5, 5.41) is 0. The number of nitrogens with zero attached hydrogens (tertiary/aromatic N) is 2. The minimum Gasteiger partial charge on any atom is -0.494 e. The van der Waals surface area contributed by atoms with Crippen LogP contribution in [-0.2, 0) is 12.0 Å². The predicted octanol–water partition coefficient (Wildman–Crippen LogP) is 3.93. The molecule has 3 heterocycles. The Kier molecular flexibility index (Phi) is 3.57. The highest BCUT2D eigenvalue weighted by Crippen LogP contribution is 2.52. The first kappa shape index (κ1) is 16.1. The van der Waals surface area contributed by atoms with E-state index in [-0.39, 0.29) is 17.0 Å². The summed E-state index contributed by atoms with van der Waals surface area (Å²) in [6.45, 7) is 1.92. The second kappa shape index (κ2) is 5.98. The number of aromatic nitrogens is 1. The fraction of sp³-hybridized carbons (Fsp3) is 0.227. The second-order valence-electron chi connectivity index (χ2n) is 7.05. The monoisotopic (exact) mass is 362 g/mol. The standard InChI is InChI=1S/C22H19FN2O2/c1-26-21-11-20-17(10-18(21)23)22(14-27-20)13-25(12-15-6-4-5-9-24-15)19-8-3-2-7-16(19)22/h2-11H,12-14H2,1H3. The number of methoxy groups -OCH3 is 1. The number of ether oxygens (including phenoxy) is 2. The van der Waals surface area contributed by atoms with Crippen LogP contribution in [0.15, 0.2) is 60.8 Å². The van der Waals surface area contributed by atoms with Crippen LogP contribution in [0.4, 0.5) is 10.1 Å². The molecule has 2 aliphatic rings. The van der Waals surface area contributed by atoms with Gasteiger partial charge in [-0.05, 0) is 29.8 Å². The molecule has 1 atom stereocenters. The Hall–Kier alpha value is -3.08. The van der Waals surface area contributed by atoms with E-state index in [0.717, 1.165) is 23.5 Å². The van der Waals surface area contributed by atoms with Crippen molar-refractivity contribution in [2.75, 3.05) is 25.2 Å². The van der Waals surface area contributed by atoms with E-state index in [9.17, 15) is 4.39 Å². The Morgan fingerprint density at radius 2 is 2.00 bits per heavy atom. The van der Waals surface area contributed by atoms with Crippen LogP contribution in [-0.4, -0.2) is 25.2 Å². The van der Waals surface area contributed by atoms with Gasteiger partial charge in [0.15, 0.2) is 11.6 Å². The molecule has 0 radical (unpaired) electrons. The van der Waals surface area contributed by atoms with Gasteiger partial charge in [0.1, 0.15) is 12.4 Å². The first-order valence-electron chi connectivity index (χ1n) is 8.96. The maximum absolute atomic E-state index is 14.5. The van der Waals surface area contributed by atoms with E-state index in [2.05, 4.69) is 22.0 Å². The van der Waals surface area contributed by atoms with E-state index in [0.29, 0.717) is 18.9 Å². The fourth-order valence-electron chi connectivity index (χ4n) is 4.30. The van der Waals surface area contributed by atoms with Crippen molar-refractivity contribution in [1.82, 2.24) is 4.98 Å². The van der Waals surface area contributed by atoms with Gasteiger partial charge < -0.3 is 14.4 Å². The lowest BCUT2D eigenvalue weighted by Gasteiger charge is -2.25. The average molecular weight is 362 g/mol. The van der Waals surface area contributed by atoms with Crippen molar-refractivity contribution in [3.8, 4) is 11.5 Å². The second-order valence-corrected chi connectivity index (χ2v) is 7.05. The summed E-state index contributed by atoms with van der Waals surface area (Å²) in [6.07, 6.45) is 1.81. The summed E-state index contributed by atoms with van der Waals surface area (Å²) in [6, 6.07) is 17.5. The van der Waals surface area contributed by atoms with Gasteiger partial charge in [-0.1, -0.05) is 24.3 Å². The zero-order valence-corrected chi connectivity index (χ0v) is 15.0. The van der Waals surface area contributed by atoms with Gasteiger partial charge in [-0.15, -0.1) is 0 Å². The molecule has 3 aromatic rings. The van der Waals surface area contributed by atoms with E-state index in [1.54, 1.807) is 12.1 Å². The third kappa shape index (κ3) is 2.38. The van der Waals surface area contributed by atoms with Crippen LogP contribution < -0.4 is 14.4 Å². The molecule has 1 unspecified atom stereocenters. The van der Waals surface area contributed by atoms with Crippen molar-refractivity contribution < 1.29 is 13.9 Å². The number of benzene rings is 2. The molecular formula is C22H19FN2O2. The number of halogens is 1. The van der Waals surface area contributed by atoms with Gasteiger partial charge in [0, 0.05) is 30.1 Å². The van der Waals surface area contributed by atoms with E-state index < -0.39 is 0 Å². The highest BCUT2D eigenvalue weighted by atomic mass is 19.1. The summed E-state index contributed by atoms with van der Waals surface area (Å²) in [4.78, 5) is 6.77. The highest BCUT2D eigenvalue weighted by Gasteiger charge is 2.50. The van der Waals surface area contributed by atoms with Crippen LogP contribution in [0.3, 0.4) is 0 Å². The Balaban J connectivity index is 1.60. The molecule has 27 heavy (non-hydrogen) atoms. The van der Waals surface area contributed by atoms with Gasteiger partial charge in [-0.25, -0.2) is 4.39 Å². The number of hydrogen-bond acceptors (Lipinski definition) is 4. The average Bonchev–Trinajstić information content (AvgIpc) is 3.21. The summed E-state index contributed by atoms with van der Waals surface area (Å²) in [7, 11) is 1.47. The first-order chi connectivity index (χ1) is 13.2. The van der Waals surface area contributed by atoms with Crippen molar-refractivity contribution in [3.05, 3.63) is 83.4 Å². The van der Waals surface area contributed by atoms with Gasteiger partial charge >= 0.3 is 0 Å². The molecule has 0 saturated heterocycles. The van der Waals surface area contributed by atoms with Gasteiger partial charge in [0.2, 0.25) is 0 Å². The molecule has 5 rings (SSSR count). The molecular weight excluding hydrogens is 343 g/mol. The number of fused-ring (bicyclic) bond motifs is 4. The predicted molar refractivity (Wildman–Crippen MR) is 101 cm³/mol. The van der Waals surface area contributed by atoms with Crippen LogP contribution in [0.25, 0.3) is 0 Å². The fourth-order valence-corrected chi connectivity index (χ4v) is 4.30. The van der Waals surface area contributed by atoms with Crippen molar-refractivity contribution in [1.29, 1.82) is 0 Å². The van der Waals surface area contributed by atoms with E-state index in [1.165, 1.54) is 12.7 Å². The van der Waals surface area contributed by atoms with Crippen LogP contribution >= 0.6 is 0 Å².